The Labute approximate surface area is 148 Å². The number of ether oxygens (including phenoxy) is 3. The number of amides is 1. The summed E-state index contributed by atoms with van der Waals surface area (Å²) < 4.78 is 16.4. The molecule has 2 fully saturated rings. The summed E-state index contributed by atoms with van der Waals surface area (Å²) in [6.07, 6.45) is 2.87. The second-order valence-electron chi connectivity index (χ2n) is 6.55. The van der Waals surface area contributed by atoms with Gasteiger partial charge in [-0.2, -0.15) is 0 Å². The molecule has 1 aromatic rings. The highest BCUT2D eigenvalue weighted by atomic mass is 16.5. The van der Waals surface area contributed by atoms with Crippen LogP contribution in [0.2, 0.25) is 0 Å². The zero-order valence-electron chi connectivity index (χ0n) is 14.9. The standard InChI is InChI=1S/C18H27N3O4/c1-23-14-5-3-6-15(10-14)25-12-13-9-17(20-19-13)18(22)21-8-4-7-16(11-21)24-2/h3,5-6,10,13,16-17,19-20H,4,7-9,11-12H2,1-2H3. The van der Waals surface area contributed by atoms with Gasteiger partial charge in [-0.25, -0.2) is 5.43 Å². The predicted molar refractivity (Wildman–Crippen MR) is 93.6 cm³/mol. The van der Waals surface area contributed by atoms with Crippen molar-refractivity contribution in [3.8, 4) is 11.5 Å². The van der Waals surface area contributed by atoms with Gasteiger partial charge in [-0.3, -0.25) is 10.2 Å². The van der Waals surface area contributed by atoms with Gasteiger partial charge in [-0.05, 0) is 31.4 Å². The van der Waals surface area contributed by atoms with E-state index < -0.39 is 0 Å². The number of piperidine rings is 1. The van der Waals surface area contributed by atoms with Crippen molar-refractivity contribution >= 4 is 5.91 Å². The van der Waals surface area contributed by atoms with Gasteiger partial charge in [-0.15, -0.1) is 0 Å². The van der Waals surface area contributed by atoms with Gasteiger partial charge in [-0.1, -0.05) is 6.07 Å². The summed E-state index contributed by atoms with van der Waals surface area (Å²) in [6, 6.07) is 7.39. The number of nitrogens with zero attached hydrogens (tertiary/aromatic N) is 1. The Kier molecular flexibility index (Phi) is 6.12. The van der Waals surface area contributed by atoms with E-state index in [1.807, 2.05) is 29.2 Å². The molecule has 2 N–H and O–H groups in total. The summed E-state index contributed by atoms with van der Waals surface area (Å²) in [5.74, 6) is 1.66. The molecule has 0 spiro atoms. The number of rotatable bonds is 6. The number of carbonyl (C=O) groups excluding carboxylic acids is 1. The Morgan fingerprint density at radius 1 is 1.28 bits per heavy atom. The summed E-state index contributed by atoms with van der Waals surface area (Å²) >= 11 is 0. The van der Waals surface area contributed by atoms with E-state index in [4.69, 9.17) is 14.2 Å². The largest absolute Gasteiger partial charge is 0.497 e. The molecule has 2 aliphatic rings. The fourth-order valence-corrected chi connectivity index (χ4v) is 3.33. The van der Waals surface area contributed by atoms with Gasteiger partial charge >= 0.3 is 0 Å². The van der Waals surface area contributed by atoms with E-state index in [2.05, 4.69) is 10.9 Å². The molecule has 7 heteroatoms. The molecule has 25 heavy (non-hydrogen) atoms. The van der Waals surface area contributed by atoms with Gasteiger partial charge < -0.3 is 19.1 Å². The highest BCUT2D eigenvalue weighted by Gasteiger charge is 2.34. The number of hydrogen-bond donors (Lipinski definition) is 2. The fourth-order valence-electron chi connectivity index (χ4n) is 3.33. The Bertz CT molecular complexity index is 583. The number of benzene rings is 1. The first kappa shape index (κ1) is 18.0. The second kappa shape index (κ2) is 8.51. The van der Waals surface area contributed by atoms with Crippen molar-refractivity contribution in [3.05, 3.63) is 24.3 Å². The van der Waals surface area contributed by atoms with Crippen LogP contribution in [0.5, 0.6) is 11.5 Å². The first-order valence-electron chi connectivity index (χ1n) is 8.79. The molecule has 2 heterocycles. The van der Waals surface area contributed by atoms with Crippen LogP contribution in [0.25, 0.3) is 0 Å². The zero-order valence-corrected chi connectivity index (χ0v) is 14.9. The topological polar surface area (TPSA) is 72.1 Å². The molecule has 2 saturated heterocycles. The van der Waals surface area contributed by atoms with Crippen LogP contribution in [0.1, 0.15) is 19.3 Å². The molecule has 1 amide bonds. The molecular weight excluding hydrogens is 322 g/mol. The highest BCUT2D eigenvalue weighted by molar-refractivity contribution is 5.82. The molecule has 2 aliphatic heterocycles. The SMILES string of the molecule is COc1cccc(OCC2CC(C(=O)N3CCCC(OC)C3)NN2)c1. The van der Waals surface area contributed by atoms with Crippen molar-refractivity contribution in [1.29, 1.82) is 0 Å². The van der Waals surface area contributed by atoms with Crippen LogP contribution < -0.4 is 20.3 Å². The van der Waals surface area contributed by atoms with Crippen LogP contribution in [-0.4, -0.2) is 62.9 Å². The summed E-state index contributed by atoms with van der Waals surface area (Å²) in [5, 5.41) is 0. The van der Waals surface area contributed by atoms with Crippen molar-refractivity contribution in [3.63, 3.8) is 0 Å². The van der Waals surface area contributed by atoms with Crippen LogP contribution >= 0.6 is 0 Å². The Balaban J connectivity index is 1.47. The first-order valence-corrected chi connectivity index (χ1v) is 8.79. The first-order chi connectivity index (χ1) is 12.2. The number of hydrazine groups is 1. The molecule has 0 radical (unpaired) electrons. The molecule has 3 atom stereocenters. The van der Waals surface area contributed by atoms with E-state index >= 15 is 0 Å². The lowest BCUT2D eigenvalue weighted by Crippen LogP contribution is -2.50. The summed E-state index contributed by atoms with van der Waals surface area (Å²) in [7, 11) is 3.34. The van der Waals surface area contributed by atoms with Gasteiger partial charge in [0.15, 0.2) is 0 Å². The molecule has 3 unspecified atom stereocenters. The molecule has 138 valence electrons. The van der Waals surface area contributed by atoms with Crippen LogP contribution in [-0.2, 0) is 9.53 Å². The quantitative estimate of drug-likeness (QED) is 0.797. The summed E-state index contributed by atoms with van der Waals surface area (Å²) in [4.78, 5) is 14.6. The molecule has 7 nitrogen and oxygen atoms in total. The minimum Gasteiger partial charge on any atom is -0.497 e. The monoisotopic (exact) mass is 349 g/mol. The van der Waals surface area contributed by atoms with Gasteiger partial charge in [0.25, 0.3) is 0 Å². The van der Waals surface area contributed by atoms with Gasteiger partial charge in [0, 0.05) is 26.3 Å². The second-order valence-corrected chi connectivity index (χ2v) is 6.55. The third-order valence-corrected chi connectivity index (χ3v) is 4.80. The lowest BCUT2D eigenvalue weighted by molar-refractivity contribution is -0.136. The molecule has 0 aliphatic carbocycles. The lowest BCUT2D eigenvalue weighted by atomic mass is 10.1. The fraction of sp³-hybridized carbons (Fsp3) is 0.611. The van der Waals surface area contributed by atoms with Gasteiger partial charge in [0.05, 0.1) is 19.3 Å². The Morgan fingerprint density at radius 3 is 2.92 bits per heavy atom. The number of hydrogen-bond acceptors (Lipinski definition) is 6. The molecule has 0 aromatic heterocycles. The van der Waals surface area contributed by atoms with E-state index in [1.165, 1.54) is 0 Å². The normalized spacial score (nSPS) is 26.5. The highest BCUT2D eigenvalue weighted by Crippen LogP contribution is 2.20. The third kappa shape index (κ3) is 4.62. The number of nitrogens with one attached hydrogen (secondary N) is 2. The van der Waals surface area contributed by atoms with E-state index in [0.29, 0.717) is 19.6 Å². The molecule has 3 rings (SSSR count). The van der Waals surface area contributed by atoms with Gasteiger partial charge in [0.2, 0.25) is 5.91 Å². The third-order valence-electron chi connectivity index (χ3n) is 4.80. The number of methoxy groups -OCH3 is 2. The van der Waals surface area contributed by atoms with Crippen molar-refractivity contribution in [2.75, 3.05) is 33.9 Å². The summed E-state index contributed by atoms with van der Waals surface area (Å²) in [5.41, 5.74) is 6.27. The Hall–Kier alpha value is -1.83. The van der Waals surface area contributed by atoms with Crippen LogP contribution in [0.4, 0.5) is 0 Å². The van der Waals surface area contributed by atoms with E-state index in [0.717, 1.165) is 30.9 Å². The van der Waals surface area contributed by atoms with Crippen LogP contribution in [0.3, 0.4) is 0 Å². The van der Waals surface area contributed by atoms with Crippen LogP contribution in [0, 0.1) is 0 Å². The zero-order chi connectivity index (χ0) is 17.6. The molecular formula is C18H27N3O4. The van der Waals surface area contributed by atoms with Crippen molar-refractivity contribution in [2.45, 2.75) is 37.5 Å². The predicted octanol–water partition coefficient (Wildman–Crippen LogP) is 0.947. The number of likely N-dealkylation sites (tertiary alicyclic amines) is 1. The van der Waals surface area contributed by atoms with E-state index in [9.17, 15) is 4.79 Å². The smallest absolute Gasteiger partial charge is 0.241 e. The number of carbonyl (C=O) groups is 1. The maximum Gasteiger partial charge on any atom is 0.241 e. The van der Waals surface area contributed by atoms with Gasteiger partial charge in [0.1, 0.15) is 24.1 Å². The minimum absolute atomic E-state index is 0.0863. The lowest BCUT2D eigenvalue weighted by Gasteiger charge is -2.33. The molecule has 0 bridgehead atoms. The minimum atomic E-state index is -0.213. The van der Waals surface area contributed by atoms with Crippen LogP contribution in [0.15, 0.2) is 24.3 Å². The van der Waals surface area contributed by atoms with Crippen molar-refractivity contribution < 1.29 is 19.0 Å². The van der Waals surface area contributed by atoms with E-state index in [1.54, 1.807) is 14.2 Å². The van der Waals surface area contributed by atoms with Crippen molar-refractivity contribution in [2.24, 2.45) is 0 Å². The average molecular weight is 349 g/mol. The maximum atomic E-state index is 12.7. The van der Waals surface area contributed by atoms with Crippen molar-refractivity contribution in [1.82, 2.24) is 15.8 Å². The molecule has 0 saturated carbocycles. The average Bonchev–Trinajstić information content (AvgIpc) is 3.15. The summed E-state index contributed by atoms with van der Waals surface area (Å²) in [6.45, 7) is 1.98. The molecule has 1 aromatic carbocycles. The van der Waals surface area contributed by atoms with E-state index in [-0.39, 0.29) is 24.1 Å². The Morgan fingerprint density at radius 2 is 2.12 bits per heavy atom. The maximum absolute atomic E-state index is 12.7.